The Morgan fingerprint density at radius 2 is 0.653 bits per heavy atom. The van der Waals surface area contributed by atoms with Crippen LogP contribution in [0.25, 0.3) is 0 Å². The largest absolute Gasteiger partial charge is 0.518 e. The van der Waals surface area contributed by atoms with E-state index in [-0.39, 0.29) is 70.3 Å². The van der Waals surface area contributed by atoms with Gasteiger partial charge in [0.1, 0.15) is 23.0 Å². The lowest BCUT2D eigenvalue weighted by molar-refractivity contribution is -0.146. The third-order valence-electron chi connectivity index (χ3n) is 13.8. The zero-order valence-corrected chi connectivity index (χ0v) is 54.3. The van der Waals surface area contributed by atoms with Gasteiger partial charge in [-0.05, 0) is 106 Å². The second-order valence-electron chi connectivity index (χ2n) is 25.2. The van der Waals surface area contributed by atoms with E-state index in [0.717, 1.165) is 72.9 Å². The second-order valence-corrected chi connectivity index (χ2v) is 38.2. The Labute approximate surface area is 470 Å². The predicted octanol–water partition coefficient (Wildman–Crippen LogP) is 18.0. The van der Waals surface area contributed by atoms with Gasteiger partial charge in [-0.25, -0.2) is 9.59 Å². The van der Waals surface area contributed by atoms with Crippen molar-refractivity contribution in [2.24, 2.45) is 0 Å². The van der Waals surface area contributed by atoms with Crippen molar-refractivity contribution in [1.82, 2.24) is 0 Å². The number of benzene rings is 4. The average Bonchev–Trinajstić information content (AvgIpc) is 3.27. The molecule has 75 heavy (non-hydrogen) atoms. The number of carbonyl (C=O) groups is 2. The standard InChI is InChI=1S/C60H86O9S4Si2/c1-23-63-51(61)33-65-53-43-25-39(57(11,12)13)27-45(53)71-47-29-41(59(17,18)19)31-49-55(47)67-74(35(3)4,36(5)6)69-75(37(7)8,38(9)10)68-56-48(30-42(60(20,21)22)32-50(56)73-49)72-46-28-40(58(14,15)16)26-44(70-43)54(46)66-34-52(62)64-24-2/h25-32,35-38H,23-24,33-34H2,1-22H3. The lowest BCUT2D eigenvalue weighted by Gasteiger charge is -2.48. The topological polar surface area (TPSA) is 98.8 Å². The molecule has 0 amide bonds. The Morgan fingerprint density at radius 3 is 0.880 bits per heavy atom. The minimum atomic E-state index is -3.37. The molecule has 15 heteroatoms. The van der Waals surface area contributed by atoms with Gasteiger partial charge in [-0.15, -0.1) is 0 Å². The number of esters is 2. The highest BCUT2D eigenvalue weighted by Gasteiger charge is 2.60. The van der Waals surface area contributed by atoms with Crippen LogP contribution in [0.15, 0.2) is 87.7 Å². The molecule has 4 aromatic carbocycles. The molecule has 6 rings (SSSR count). The zero-order valence-electron chi connectivity index (χ0n) is 49.1. The fourth-order valence-electron chi connectivity index (χ4n) is 9.16. The van der Waals surface area contributed by atoms with Crippen LogP contribution in [0.2, 0.25) is 22.2 Å². The van der Waals surface area contributed by atoms with E-state index < -0.39 is 29.1 Å². The monoisotopic (exact) mass is 1130 g/mol. The summed E-state index contributed by atoms with van der Waals surface area (Å²) in [6.45, 7) is 48.3. The van der Waals surface area contributed by atoms with E-state index in [1.807, 2.05) is 0 Å². The molecule has 10 bridgehead atoms. The minimum Gasteiger partial charge on any atom is -0.518 e. The van der Waals surface area contributed by atoms with Gasteiger partial charge in [0.05, 0.1) is 52.4 Å². The van der Waals surface area contributed by atoms with E-state index in [1.54, 1.807) is 49.1 Å². The molecule has 0 aliphatic carbocycles. The number of carbonyl (C=O) groups excluding carboxylic acids is 2. The van der Waals surface area contributed by atoms with Crippen molar-refractivity contribution in [3.8, 4) is 23.0 Å². The molecular formula is C60H86O9S4Si2. The fraction of sp³-hybridized carbons (Fsp3) is 0.567. The summed E-state index contributed by atoms with van der Waals surface area (Å²) < 4.78 is 48.9. The van der Waals surface area contributed by atoms with Crippen molar-refractivity contribution < 1.29 is 41.5 Å². The van der Waals surface area contributed by atoms with Crippen molar-refractivity contribution in [2.45, 2.75) is 235 Å². The molecule has 2 aliphatic heterocycles. The van der Waals surface area contributed by atoms with Crippen LogP contribution < -0.4 is 18.3 Å². The summed E-state index contributed by atoms with van der Waals surface area (Å²) in [6, 6.07) is 18.0. The third-order valence-corrected chi connectivity index (χ3v) is 28.0. The lowest BCUT2D eigenvalue weighted by atomic mass is 9.87. The number of hydrogen-bond donors (Lipinski definition) is 0. The third kappa shape index (κ3) is 13.6. The molecule has 0 aromatic heterocycles. The maximum absolute atomic E-state index is 13.4. The highest BCUT2D eigenvalue weighted by molar-refractivity contribution is 8.01. The van der Waals surface area contributed by atoms with Gasteiger partial charge in [0.15, 0.2) is 13.2 Å². The van der Waals surface area contributed by atoms with E-state index in [9.17, 15) is 9.59 Å². The number of fused-ring (bicyclic) bond motifs is 4. The van der Waals surface area contributed by atoms with Crippen LogP contribution in [0.5, 0.6) is 23.0 Å². The number of rotatable bonds is 12. The molecule has 2 heterocycles. The first kappa shape index (κ1) is 61.0. The molecule has 0 fully saturated rings. The Kier molecular flexibility index (Phi) is 18.9. The molecule has 0 N–H and O–H groups in total. The van der Waals surface area contributed by atoms with Gasteiger partial charge >= 0.3 is 29.1 Å². The SMILES string of the molecule is CCOC(=O)COc1c2cc(C(C)(C)C)cc1Sc1cc(C(C)(C)C)cc3c1O[Si](C(C)C)(C(C)C)O[Si](C(C)C)(C(C)C)Oc1c(cc(C(C)(C)C)cc1S3)Sc1cc(C(C)(C)C)cc(c1OCC(=O)OCC)S2. The van der Waals surface area contributed by atoms with Gasteiger partial charge in [0.25, 0.3) is 0 Å². The van der Waals surface area contributed by atoms with Gasteiger partial charge in [0.2, 0.25) is 0 Å². The smallest absolute Gasteiger partial charge is 0.396 e. The average molecular weight is 1140 g/mol. The van der Waals surface area contributed by atoms with Crippen molar-refractivity contribution >= 4 is 76.1 Å². The second kappa shape index (κ2) is 23.3. The van der Waals surface area contributed by atoms with Gasteiger partial charge in [-0.1, -0.05) is 186 Å². The Morgan fingerprint density at radius 1 is 0.427 bits per heavy atom. The molecule has 412 valence electrons. The Balaban J connectivity index is 1.94. The first-order chi connectivity index (χ1) is 34.6. The zero-order chi connectivity index (χ0) is 56.0. The molecule has 0 saturated carbocycles. The summed E-state index contributed by atoms with van der Waals surface area (Å²) in [6.07, 6.45) is 0. The molecular weight excluding hydrogens is 1050 g/mol. The summed E-state index contributed by atoms with van der Waals surface area (Å²) in [7, 11) is -6.74. The van der Waals surface area contributed by atoms with Gasteiger partial charge in [-0.3, -0.25) is 0 Å². The molecule has 0 atom stereocenters. The Bertz CT molecular complexity index is 2540. The summed E-state index contributed by atoms with van der Waals surface area (Å²) in [5.74, 6) is 1.67. The molecule has 0 spiro atoms. The van der Waals surface area contributed by atoms with Crippen LogP contribution >= 0.6 is 47.0 Å². The summed E-state index contributed by atoms with van der Waals surface area (Å²) in [5, 5.41) is 0. The molecule has 4 aromatic rings. The van der Waals surface area contributed by atoms with Crippen molar-refractivity contribution in [3.63, 3.8) is 0 Å². The highest BCUT2D eigenvalue weighted by Crippen LogP contribution is 2.59. The maximum atomic E-state index is 13.4. The van der Waals surface area contributed by atoms with Crippen LogP contribution in [0.3, 0.4) is 0 Å². The summed E-state index contributed by atoms with van der Waals surface area (Å²) in [4.78, 5) is 33.7. The van der Waals surface area contributed by atoms with Crippen molar-refractivity contribution in [1.29, 1.82) is 0 Å². The first-order valence-corrected chi connectivity index (χ1v) is 34.0. The van der Waals surface area contributed by atoms with Crippen LogP contribution in [-0.4, -0.2) is 55.5 Å². The first-order valence-electron chi connectivity index (χ1n) is 26.8. The maximum Gasteiger partial charge on any atom is 0.396 e. The molecule has 0 saturated heterocycles. The normalized spacial score (nSPS) is 15.8. The van der Waals surface area contributed by atoms with E-state index >= 15 is 0 Å². The fourth-order valence-corrected chi connectivity index (χ4v) is 25.0. The molecule has 2 aliphatic rings. The predicted molar refractivity (Wildman–Crippen MR) is 316 cm³/mol. The number of ether oxygens (including phenoxy) is 4. The van der Waals surface area contributed by atoms with Gasteiger partial charge in [0, 0.05) is 22.2 Å². The Hall–Kier alpha value is -3.19. The highest BCUT2D eigenvalue weighted by atomic mass is 32.2. The van der Waals surface area contributed by atoms with E-state index in [4.69, 9.17) is 31.9 Å². The summed E-state index contributed by atoms with van der Waals surface area (Å²) in [5.41, 5.74) is 3.30. The van der Waals surface area contributed by atoms with Crippen molar-refractivity contribution in [3.05, 3.63) is 70.8 Å². The van der Waals surface area contributed by atoms with E-state index in [2.05, 4.69) is 187 Å². The van der Waals surface area contributed by atoms with Gasteiger partial charge < -0.3 is 31.9 Å². The van der Waals surface area contributed by atoms with Crippen LogP contribution in [-0.2, 0) is 44.8 Å². The van der Waals surface area contributed by atoms with E-state index in [1.165, 1.54) is 11.8 Å². The van der Waals surface area contributed by atoms with Crippen molar-refractivity contribution in [2.75, 3.05) is 26.4 Å². The molecule has 9 nitrogen and oxygen atoms in total. The van der Waals surface area contributed by atoms with Crippen LogP contribution in [0.4, 0.5) is 0 Å². The van der Waals surface area contributed by atoms with Crippen LogP contribution in [0, 0.1) is 0 Å². The van der Waals surface area contributed by atoms with Gasteiger partial charge in [-0.2, -0.15) is 0 Å². The quantitative estimate of drug-likeness (QED) is 0.0876. The molecule has 0 unspecified atom stereocenters. The minimum absolute atomic E-state index is 0.0124. The lowest BCUT2D eigenvalue weighted by Crippen LogP contribution is -2.64. The number of hydrogen-bond acceptors (Lipinski definition) is 13. The van der Waals surface area contributed by atoms with E-state index in [0.29, 0.717) is 11.5 Å². The van der Waals surface area contributed by atoms with Crippen LogP contribution in [0.1, 0.15) is 175 Å². The molecule has 0 radical (unpaired) electrons. The summed E-state index contributed by atoms with van der Waals surface area (Å²) >= 11 is 6.40.